The summed E-state index contributed by atoms with van der Waals surface area (Å²) in [5.41, 5.74) is -0.385. The minimum absolute atomic E-state index is 0.0369. The SMILES string of the molecule is COc1cc(C2(O)CCC2)ccc1OC(F)(F)F. The van der Waals surface area contributed by atoms with E-state index in [0.717, 1.165) is 12.5 Å². The zero-order chi connectivity index (χ0) is 13.4. The van der Waals surface area contributed by atoms with E-state index in [1.54, 1.807) is 0 Å². The Morgan fingerprint density at radius 1 is 1.22 bits per heavy atom. The van der Waals surface area contributed by atoms with Gasteiger partial charge >= 0.3 is 6.36 Å². The Morgan fingerprint density at radius 3 is 2.33 bits per heavy atom. The molecule has 1 aromatic carbocycles. The normalized spacial score (nSPS) is 18.1. The van der Waals surface area contributed by atoms with E-state index in [1.165, 1.54) is 19.2 Å². The van der Waals surface area contributed by atoms with Gasteiger partial charge in [-0.25, -0.2) is 0 Å². The van der Waals surface area contributed by atoms with E-state index in [4.69, 9.17) is 4.74 Å². The Kier molecular flexibility index (Phi) is 3.14. The Hall–Kier alpha value is -1.43. The molecular weight excluding hydrogens is 249 g/mol. The lowest BCUT2D eigenvalue weighted by Crippen LogP contribution is -2.33. The Labute approximate surface area is 102 Å². The highest BCUT2D eigenvalue weighted by molar-refractivity contribution is 5.45. The van der Waals surface area contributed by atoms with Crippen LogP contribution in [-0.4, -0.2) is 18.6 Å². The summed E-state index contributed by atoms with van der Waals surface area (Å²) in [6, 6.07) is 3.99. The van der Waals surface area contributed by atoms with Crippen molar-refractivity contribution in [2.24, 2.45) is 0 Å². The second kappa shape index (κ2) is 4.35. The minimum atomic E-state index is -4.76. The van der Waals surface area contributed by atoms with Crippen molar-refractivity contribution in [2.45, 2.75) is 31.2 Å². The van der Waals surface area contributed by atoms with Gasteiger partial charge in [0.2, 0.25) is 0 Å². The summed E-state index contributed by atoms with van der Waals surface area (Å²) in [6.45, 7) is 0. The molecule has 6 heteroatoms. The number of hydrogen-bond acceptors (Lipinski definition) is 3. The van der Waals surface area contributed by atoms with Crippen molar-refractivity contribution in [1.29, 1.82) is 0 Å². The molecular formula is C12H13F3O3. The number of benzene rings is 1. The van der Waals surface area contributed by atoms with E-state index >= 15 is 0 Å². The van der Waals surface area contributed by atoms with Gasteiger partial charge < -0.3 is 14.6 Å². The third-order valence-corrected chi connectivity index (χ3v) is 3.11. The number of aliphatic hydroxyl groups is 1. The summed E-state index contributed by atoms with van der Waals surface area (Å²) in [4.78, 5) is 0. The molecule has 0 aliphatic heterocycles. The van der Waals surface area contributed by atoms with Gasteiger partial charge in [-0.3, -0.25) is 0 Å². The third-order valence-electron chi connectivity index (χ3n) is 3.11. The van der Waals surface area contributed by atoms with Crippen molar-refractivity contribution < 1.29 is 27.8 Å². The predicted octanol–water partition coefficient (Wildman–Crippen LogP) is 2.97. The highest BCUT2D eigenvalue weighted by Gasteiger charge is 2.37. The van der Waals surface area contributed by atoms with Crippen LogP contribution >= 0.6 is 0 Å². The molecule has 0 aromatic heterocycles. The highest BCUT2D eigenvalue weighted by Crippen LogP contribution is 2.44. The van der Waals surface area contributed by atoms with Crippen molar-refractivity contribution >= 4 is 0 Å². The van der Waals surface area contributed by atoms with Crippen molar-refractivity contribution in [3.63, 3.8) is 0 Å². The quantitative estimate of drug-likeness (QED) is 0.910. The largest absolute Gasteiger partial charge is 0.573 e. The van der Waals surface area contributed by atoms with E-state index in [2.05, 4.69) is 4.74 Å². The number of methoxy groups -OCH3 is 1. The van der Waals surface area contributed by atoms with Gasteiger partial charge in [-0.05, 0) is 37.0 Å². The van der Waals surface area contributed by atoms with Crippen molar-refractivity contribution in [1.82, 2.24) is 0 Å². The monoisotopic (exact) mass is 262 g/mol. The number of rotatable bonds is 3. The van der Waals surface area contributed by atoms with Crippen molar-refractivity contribution in [3.05, 3.63) is 23.8 Å². The first-order valence-electron chi connectivity index (χ1n) is 5.51. The summed E-state index contributed by atoms with van der Waals surface area (Å²) in [6.07, 6.45) is -2.65. The maximum atomic E-state index is 12.1. The molecule has 0 saturated heterocycles. The maximum absolute atomic E-state index is 12.1. The summed E-state index contributed by atoms with van der Waals surface area (Å²) in [7, 11) is 1.26. The van der Waals surface area contributed by atoms with Crippen LogP contribution in [0.1, 0.15) is 24.8 Å². The summed E-state index contributed by atoms with van der Waals surface area (Å²) in [5.74, 6) is -0.443. The van der Waals surface area contributed by atoms with Crippen LogP contribution in [0.4, 0.5) is 13.2 Å². The first-order chi connectivity index (χ1) is 8.34. The third kappa shape index (κ3) is 2.53. The smallest absolute Gasteiger partial charge is 0.493 e. The molecule has 0 atom stereocenters. The fourth-order valence-electron chi connectivity index (χ4n) is 1.97. The summed E-state index contributed by atoms with van der Waals surface area (Å²) in [5, 5.41) is 10.1. The zero-order valence-electron chi connectivity index (χ0n) is 9.75. The second-order valence-corrected chi connectivity index (χ2v) is 4.30. The van der Waals surface area contributed by atoms with Gasteiger partial charge in [0.15, 0.2) is 11.5 Å². The zero-order valence-corrected chi connectivity index (χ0v) is 9.75. The van der Waals surface area contributed by atoms with Crippen LogP contribution in [0.15, 0.2) is 18.2 Å². The van der Waals surface area contributed by atoms with E-state index in [-0.39, 0.29) is 5.75 Å². The van der Waals surface area contributed by atoms with Crippen LogP contribution < -0.4 is 9.47 Å². The van der Waals surface area contributed by atoms with Gasteiger partial charge in [-0.15, -0.1) is 13.2 Å². The molecule has 1 aliphatic rings. The van der Waals surface area contributed by atoms with E-state index in [9.17, 15) is 18.3 Å². The van der Waals surface area contributed by atoms with Crippen LogP contribution in [0.5, 0.6) is 11.5 Å². The molecule has 0 unspecified atom stereocenters. The fourth-order valence-corrected chi connectivity index (χ4v) is 1.97. The fraction of sp³-hybridized carbons (Fsp3) is 0.500. The van der Waals surface area contributed by atoms with Gasteiger partial charge in [0.25, 0.3) is 0 Å². The molecule has 1 saturated carbocycles. The molecule has 0 amide bonds. The molecule has 0 bridgehead atoms. The second-order valence-electron chi connectivity index (χ2n) is 4.30. The predicted molar refractivity (Wildman–Crippen MR) is 57.4 cm³/mol. The van der Waals surface area contributed by atoms with Gasteiger partial charge in [-0.1, -0.05) is 6.07 Å². The molecule has 3 nitrogen and oxygen atoms in total. The van der Waals surface area contributed by atoms with Crippen LogP contribution in [0.2, 0.25) is 0 Å². The maximum Gasteiger partial charge on any atom is 0.573 e. The van der Waals surface area contributed by atoms with Gasteiger partial charge in [0, 0.05) is 0 Å². The topological polar surface area (TPSA) is 38.7 Å². The van der Waals surface area contributed by atoms with E-state index in [0.29, 0.717) is 18.4 Å². The van der Waals surface area contributed by atoms with Crippen LogP contribution in [-0.2, 0) is 5.60 Å². The first kappa shape index (κ1) is 13.0. The van der Waals surface area contributed by atoms with Gasteiger partial charge in [0.1, 0.15) is 0 Å². The molecule has 0 radical (unpaired) electrons. The standard InChI is InChI=1S/C12H13F3O3/c1-17-10-7-8(11(16)5-2-6-11)3-4-9(10)18-12(13,14)15/h3-4,7,16H,2,5-6H2,1H3. The van der Waals surface area contributed by atoms with Crippen molar-refractivity contribution in [3.8, 4) is 11.5 Å². The van der Waals surface area contributed by atoms with Crippen molar-refractivity contribution in [2.75, 3.05) is 7.11 Å². The molecule has 1 fully saturated rings. The molecule has 0 spiro atoms. The molecule has 1 aliphatic carbocycles. The number of hydrogen-bond donors (Lipinski definition) is 1. The average Bonchev–Trinajstić information content (AvgIpc) is 2.24. The lowest BCUT2D eigenvalue weighted by Gasteiger charge is -2.37. The van der Waals surface area contributed by atoms with Gasteiger partial charge in [0.05, 0.1) is 12.7 Å². The Balaban J connectivity index is 2.28. The lowest BCUT2D eigenvalue weighted by atomic mass is 9.75. The van der Waals surface area contributed by atoms with E-state index < -0.39 is 17.7 Å². The van der Waals surface area contributed by atoms with Crippen LogP contribution in [0.3, 0.4) is 0 Å². The molecule has 100 valence electrons. The molecule has 1 aromatic rings. The lowest BCUT2D eigenvalue weighted by molar-refractivity contribution is -0.275. The van der Waals surface area contributed by atoms with E-state index in [1.807, 2.05) is 0 Å². The molecule has 18 heavy (non-hydrogen) atoms. The molecule has 0 heterocycles. The van der Waals surface area contributed by atoms with Crippen LogP contribution in [0.25, 0.3) is 0 Å². The molecule has 2 rings (SSSR count). The first-order valence-corrected chi connectivity index (χ1v) is 5.51. The minimum Gasteiger partial charge on any atom is -0.493 e. The number of ether oxygens (including phenoxy) is 2. The summed E-state index contributed by atoms with van der Waals surface area (Å²) >= 11 is 0. The highest BCUT2D eigenvalue weighted by atomic mass is 19.4. The Bertz CT molecular complexity index is 439. The number of alkyl halides is 3. The Morgan fingerprint density at radius 2 is 1.89 bits per heavy atom. The summed E-state index contributed by atoms with van der Waals surface area (Å²) < 4.78 is 45.1. The van der Waals surface area contributed by atoms with Gasteiger partial charge in [-0.2, -0.15) is 0 Å². The molecule has 1 N–H and O–H groups in total. The average molecular weight is 262 g/mol. The van der Waals surface area contributed by atoms with Crippen LogP contribution in [0, 0.1) is 0 Å². The number of halogens is 3.